The van der Waals surface area contributed by atoms with Gasteiger partial charge in [-0.25, -0.2) is 23.3 Å². The molecule has 0 bridgehead atoms. The molecule has 2 aliphatic rings. The van der Waals surface area contributed by atoms with Crippen LogP contribution in [0.1, 0.15) is 39.5 Å². The molecule has 0 aromatic heterocycles. The Balaban J connectivity index is 0.000000245. The van der Waals surface area contributed by atoms with Gasteiger partial charge < -0.3 is 0 Å². The quantitative estimate of drug-likeness (QED) is 0.643. The first-order valence-electron chi connectivity index (χ1n) is 5.39. The van der Waals surface area contributed by atoms with E-state index in [0.29, 0.717) is 0 Å². The van der Waals surface area contributed by atoms with Crippen molar-refractivity contribution in [2.24, 2.45) is 0 Å². The second kappa shape index (κ2) is 8.96. The summed E-state index contributed by atoms with van der Waals surface area (Å²) in [6, 6.07) is 0. The van der Waals surface area contributed by atoms with Crippen molar-refractivity contribution in [3.8, 4) is 0 Å². The van der Waals surface area contributed by atoms with Crippen LogP contribution in [0.5, 0.6) is 0 Å². The third kappa shape index (κ3) is 5.99. The number of rotatable bonds is 2. The third-order valence-corrected chi connectivity index (χ3v) is 2.29. The predicted octanol–water partition coefficient (Wildman–Crippen LogP) is 4.17. The van der Waals surface area contributed by atoms with Gasteiger partial charge in [0.25, 0.3) is 0 Å². The second-order valence-electron chi connectivity index (χ2n) is 3.32. The van der Waals surface area contributed by atoms with Crippen LogP contribution in [0.2, 0.25) is 0 Å². The minimum Gasteiger partial charge on any atom is -0.270 e. The topological polar surface area (TPSA) is 0 Å². The molecule has 0 N–H and O–H groups in total. The van der Waals surface area contributed by atoms with Crippen molar-refractivity contribution in [2.75, 3.05) is 0 Å². The summed E-state index contributed by atoms with van der Waals surface area (Å²) in [4.78, 5) is 0. The molecule has 0 atom stereocenters. The van der Waals surface area contributed by atoms with Crippen LogP contribution < -0.4 is 0 Å². The van der Waals surface area contributed by atoms with Gasteiger partial charge in [-0.1, -0.05) is 26.7 Å². The van der Waals surface area contributed by atoms with Crippen molar-refractivity contribution < 1.29 is 22.4 Å². The Morgan fingerprint density at radius 3 is 1.47 bits per heavy atom. The van der Waals surface area contributed by atoms with Gasteiger partial charge in [0.1, 0.15) is 0 Å². The second-order valence-corrected chi connectivity index (χ2v) is 3.32. The van der Waals surface area contributed by atoms with Gasteiger partial charge in [-0.3, -0.25) is 12.2 Å². The minimum absolute atomic E-state index is 0. The van der Waals surface area contributed by atoms with Gasteiger partial charge in [0.15, 0.2) is 0 Å². The Hall–Kier alpha value is -0.300. The third-order valence-electron chi connectivity index (χ3n) is 2.29. The van der Waals surface area contributed by atoms with E-state index in [-0.39, 0.29) is 22.4 Å². The van der Waals surface area contributed by atoms with Crippen LogP contribution in [0.3, 0.4) is 0 Å². The van der Waals surface area contributed by atoms with Crippen LogP contribution in [0.25, 0.3) is 0 Å². The van der Waals surface area contributed by atoms with E-state index in [4.69, 9.17) is 0 Å². The molecular weight excluding hydrogens is 349 g/mol. The number of hydrogen-bond donors (Lipinski definition) is 0. The van der Waals surface area contributed by atoms with Crippen molar-refractivity contribution in [3.05, 3.63) is 47.6 Å². The summed E-state index contributed by atoms with van der Waals surface area (Å²) in [5.74, 6) is 0. The Morgan fingerprint density at radius 1 is 0.933 bits per heavy atom. The smallest absolute Gasteiger partial charge is 0.270 e. The number of hydrogen-bond acceptors (Lipinski definition) is 0. The van der Waals surface area contributed by atoms with Gasteiger partial charge in [-0.2, -0.15) is 12.2 Å². The summed E-state index contributed by atoms with van der Waals surface area (Å²) in [6.07, 6.45) is 19.3. The molecule has 1 radical (unpaired) electrons. The van der Waals surface area contributed by atoms with Gasteiger partial charge in [0.05, 0.1) is 0 Å². The van der Waals surface area contributed by atoms with E-state index in [9.17, 15) is 0 Å². The maximum absolute atomic E-state index is 3.21. The molecule has 1 heteroatoms. The van der Waals surface area contributed by atoms with Crippen molar-refractivity contribution in [3.63, 3.8) is 0 Å². The van der Waals surface area contributed by atoms with Crippen LogP contribution in [-0.4, -0.2) is 0 Å². The molecular formula is C14H18Ta. The van der Waals surface area contributed by atoms with Crippen molar-refractivity contribution in [1.82, 2.24) is 0 Å². The zero-order valence-corrected chi connectivity index (χ0v) is 12.8. The summed E-state index contributed by atoms with van der Waals surface area (Å²) in [6.45, 7) is 4.30. The Morgan fingerprint density at radius 2 is 1.33 bits per heavy atom. The van der Waals surface area contributed by atoms with E-state index in [1.807, 2.05) is 0 Å². The van der Waals surface area contributed by atoms with Crippen LogP contribution in [0.4, 0.5) is 0 Å². The zero-order chi connectivity index (χ0) is 10.2. The molecule has 2 aliphatic carbocycles. The van der Waals surface area contributed by atoms with E-state index >= 15 is 0 Å². The first kappa shape index (κ1) is 14.7. The molecule has 0 heterocycles. The van der Waals surface area contributed by atoms with Gasteiger partial charge in [-0.05, 0) is 0 Å². The maximum Gasteiger partial charge on any atom is 2.00 e. The first-order chi connectivity index (χ1) is 6.86. The van der Waals surface area contributed by atoms with Gasteiger partial charge >= 0.3 is 22.4 Å². The van der Waals surface area contributed by atoms with E-state index < -0.39 is 0 Å². The molecule has 0 aliphatic heterocycles. The molecule has 79 valence electrons. The average molecular weight is 367 g/mol. The van der Waals surface area contributed by atoms with Crippen LogP contribution in [0.15, 0.2) is 35.5 Å². The fourth-order valence-electron chi connectivity index (χ4n) is 1.39. The SMILES string of the molecule is CCC1=[C-]CC=C1.CCC1=[C-]CC=C1.[Ta+2]. The fraction of sp³-hybridized carbons (Fsp3) is 0.429. The Labute approximate surface area is 109 Å². The summed E-state index contributed by atoms with van der Waals surface area (Å²) in [7, 11) is 0. The largest absolute Gasteiger partial charge is 2.00 e. The van der Waals surface area contributed by atoms with Gasteiger partial charge in [0.2, 0.25) is 0 Å². The molecule has 0 nitrogen and oxygen atoms in total. The molecule has 0 aromatic rings. The number of allylic oxidation sites excluding steroid dienone is 8. The summed E-state index contributed by atoms with van der Waals surface area (Å²) in [5, 5.41) is 0. The zero-order valence-electron chi connectivity index (χ0n) is 9.59. The maximum atomic E-state index is 3.21. The van der Waals surface area contributed by atoms with E-state index in [0.717, 1.165) is 25.7 Å². The summed E-state index contributed by atoms with van der Waals surface area (Å²) in [5.41, 5.74) is 2.72. The summed E-state index contributed by atoms with van der Waals surface area (Å²) >= 11 is 0. The van der Waals surface area contributed by atoms with E-state index in [1.54, 1.807) is 0 Å². The monoisotopic (exact) mass is 367 g/mol. The molecule has 0 spiro atoms. The molecule has 15 heavy (non-hydrogen) atoms. The standard InChI is InChI=1S/2C7H9.Ta/c2*1-2-7-5-3-4-6-7;/h2*3,5H,2,4H2,1H3;/q2*-1;+2. The minimum atomic E-state index is 0. The van der Waals surface area contributed by atoms with Crippen LogP contribution in [0, 0.1) is 12.2 Å². The average Bonchev–Trinajstić information content (AvgIpc) is 2.92. The Kier molecular flexibility index (Phi) is 8.79. The molecule has 0 amide bonds. The molecule has 0 saturated carbocycles. The summed E-state index contributed by atoms with van der Waals surface area (Å²) < 4.78 is 0. The molecule has 0 fully saturated rings. The van der Waals surface area contributed by atoms with Gasteiger partial charge in [-0.15, -0.1) is 12.8 Å². The normalized spacial score (nSPS) is 16.4. The van der Waals surface area contributed by atoms with Gasteiger partial charge in [0, 0.05) is 0 Å². The molecule has 0 unspecified atom stereocenters. The first-order valence-corrected chi connectivity index (χ1v) is 5.39. The molecule has 0 aromatic carbocycles. The van der Waals surface area contributed by atoms with Crippen LogP contribution >= 0.6 is 0 Å². The van der Waals surface area contributed by atoms with Crippen molar-refractivity contribution in [1.29, 1.82) is 0 Å². The Bertz CT molecular complexity index is 250. The van der Waals surface area contributed by atoms with E-state index in [1.165, 1.54) is 11.1 Å². The van der Waals surface area contributed by atoms with E-state index in [2.05, 4.69) is 50.3 Å². The molecule has 2 rings (SSSR count). The predicted molar refractivity (Wildman–Crippen MR) is 61.6 cm³/mol. The van der Waals surface area contributed by atoms with Crippen molar-refractivity contribution >= 4 is 0 Å². The fourth-order valence-corrected chi connectivity index (χ4v) is 1.39. The van der Waals surface area contributed by atoms with Crippen molar-refractivity contribution in [2.45, 2.75) is 39.5 Å². The van der Waals surface area contributed by atoms with Crippen LogP contribution in [-0.2, 0) is 22.4 Å². The molecule has 0 saturated heterocycles.